The highest BCUT2D eigenvalue weighted by Gasteiger charge is 2.47. The zero-order valence-corrected chi connectivity index (χ0v) is 15.3. The lowest BCUT2D eigenvalue weighted by atomic mass is 9.87. The normalized spacial score (nSPS) is 20.1. The van der Waals surface area contributed by atoms with E-state index < -0.39 is 30.1 Å². The molecule has 0 saturated heterocycles. The van der Waals surface area contributed by atoms with E-state index in [0.717, 1.165) is 12.0 Å². The quantitative estimate of drug-likeness (QED) is 0.735. The maximum absolute atomic E-state index is 12.5. The molecule has 0 fully saturated rings. The van der Waals surface area contributed by atoms with E-state index in [-0.39, 0.29) is 22.4 Å². The van der Waals surface area contributed by atoms with Crippen LogP contribution in [0.15, 0.2) is 23.2 Å². The summed E-state index contributed by atoms with van der Waals surface area (Å²) >= 11 is 12.3. The maximum atomic E-state index is 12.5. The van der Waals surface area contributed by atoms with E-state index in [0.29, 0.717) is 5.56 Å². The fourth-order valence-electron chi connectivity index (χ4n) is 2.66. The third-order valence-electron chi connectivity index (χ3n) is 3.73. The molecule has 0 radical (unpaired) electrons. The Hall–Kier alpha value is -2.12. The molecule has 2 rings (SSSR count). The molecule has 1 aromatic rings. The van der Waals surface area contributed by atoms with Gasteiger partial charge < -0.3 is 9.47 Å². The summed E-state index contributed by atoms with van der Waals surface area (Å²) in [4.78, 5) is 41.5. The van der Waals surface area contributed by atoms with E-state index in [1.807, 2.05) is 0 Å². The first kappa shape index (κ1) is 19.2. The van der Waals surface area contributed by atoms with Crippen molar-refractivity contribution in [3.05, 3.63) is 33.8 Å². The Labute approximate surface area is 154 Å². The van der Waals surface area contributed by atoms with Crippen molar-refractivity contribution in [1.29, 1.82) is 0 Å². The smallest absolute Gasteiger partial charge is 0.418 e. The van der Waals surface area contributed by atoms with E-state index in [1.54, 1.807) is 25.1 Å². The number of halogens is 2. The monoisotopic (exact) mass is 386 g/mol. The number of amides is 3. The Morgan fingerprint density at radius 2 is 2.00 bits per heavy atom. The van der Waals surface area contributed by atoms with Crippen LogP contribution >= 0.6 is 23.2 Å². The molecule has 1 aliphatic heterocycles. The minimum absolute atomic E-state index is 0.125. The summed E-state index contributed by atoms with van der Waals surface area (Å²) in [5.74, 6) is -1.65. The van der Waals surface area contributed by atoms with Gasteiger partial charge in [-0.2, -0.15) is 0 Å². The van der Waals surface area contributed by atoms with E-state index in [2.05, 4.69) is 9.73 Å². The number of carbonyl (C=O) groups excluding carboxylic acids is 3. The molecule has 2 atom stereocenters. The number of rotatable bonds is 3. The van der Waals surface area contributed by atoms with Crippen LogP contribution in [0.1, 0.15) is 25.5 Å². The molecule has 9 heteroatoms. The van der Waals surface area contributed by atoms with Crippen LogP contribution in [0.25, 0.3) is 0 Å². The second kappa shape index (κ2) is 7.84. The Bertz CT molecular complexity index is 750. The molecular weight excluding hydrogens is 371 g/mol. The van der Waals surface area contributed by atoms with Crippen molar-refractivity contribution in [3.63, 3.8) is 0 Å². The standard InChI is InChI=1S/C16H16Cl2N2O5/c1-4-25-14(21)11-8(2)19-15(22)20(16(23)24-3)13(11)9-6-5-7-10(17)12(9)18/h5-7,11,13H,4H2,1-3H3. The van der Waals surface area contributed by atoms with Gasteiger partial charge in [-0.15, -0.1) is 0 Å². The summed E-state index contributed by atoms with van der Waals surface area (Å²) in [5, 5.41) is 0.346. The topological polar surface area (TPSA) is 85.3 Å². The number of esters is 1. The third kappa shape index (κ3) is 3.62. The number of urea groups is 1. The molecule has 0 spiro atoms. The molecule has 0 aliphatic carbocycles. The lowest BCUT2D eigenvalue weighted by molar-refractivity contribution is -0.147. The molecule has 1 heterocycles. The van der Waals surface area contributed by atoms with Crippen LogP contribution in [-0.2, 0) is 14.3 Å². The predicted molar refractivity (Wildman–Crippen MR) is 92.1 cm³/mol. The zero-order valence-electron chi connectivity index (χ0n) is 13.8. The Morgan fingerprint density at radius 3 is 2.60 bits per heavy atom. The number of hydrogen-bond acceptors (Lipinski definition) is 5. The average Bonchev–Trinajstić information content (AvgIpc) is 2.56. The van der Waals surface area contributed by atoms with E-state index in [4.69, 9.17) is 27.9 Å². The first-order valence-corrected chi connectivity index (χ1v) is 8.15. The number of carbonyl (C=O) groups is 3. The Balaban J connectivity index is 2.68. The number of hydrogen-bond donors (Lipinski definition) is 0. The second-order valence-corrected chi connectivity index (χ2v) is 5.98. The van der Waals surface area contributed by atoms with E-state index in [9.17, 15) is 14.4 Å². The zero-order chi connectivity index (χ0) is 18.7. The lowest BCUT2D eigenvalue weighted by Crippen LogP contribution is -2.49. The summed E-state index contributed by atoms with van der Waals surface area (Å²) in [6.07, 6.45) is -0.961. The van der Waals surface area contributed by atoms with Crippen LogP contribution < -0.4 is 0 Å². The molecule has 0 aromatic heterocycles. The van der Waals surface area contributed by atoms with Gasteiger partial charge in [0.15, 0.2) is 0 Å². The van der Waals surface area contributed by atoms with Crippen molar-refractivity contribution in [1.82, 2.24) is 4.90 Å². The van der Waals surface area contributed by atoms with Crippen LogP contribution in [0.4, 0.5) is 9.59 Å². The second-order valence-electron chi connectivity index (χ2n) is 5.19. The maximum Gasteiger partial charge on any atom is 0.418 e. The van der Waals surface area contributed by atoms with Gasteiger partial charge in [-0.1, -0.05) is 35.3 Å². The van der Waals surface area contributed by atoms with Gasteiger partial charge in [0.25, 0.3) is 0 Å². The van der Waals surface area contributed by atoms with Gasteiger partial charge in [0.05, 0.1) is 29.8 Å². The summed E-state index contributed by atoms with van der Waals surface area (Å²) in [6.45, 7) is 3.29. The van der Waals surface area contributed by atoms with Crippen LogP contribution in [0, 0.1) is 5.92 Å². The summed E-state index contributed by atoms with van der Waals surface area (Å²) in [6, 6.07) is 2.80. The molecule has 1 aromatic carbocycles. The Morgan fingerprint density at radius 1 is 1.32 bits per heavy atom. The number of benzene rings is 1. The first-order chi connectivity index (χ1) is 11.8. The molecule has 2 unspecified atom stereocenters. The molecule has 0 N–H and O–H groups in total. The van der Waals surface area contributed by atoms with Gasteiger partial charge in [-0.25, -0.2) is 19.5 Å². The summed E-state index contributed by atoms with van der Waals surface area (Å²) in [5.41, 5.74) is 0.532. The summed E-state index contributed by atoms with van der Waals surface area (Å²) in [7, 11) is 1.12. The highest BCUT2D eigenvalue weighted by Crippen LogP contribution is 2.40. The van der Waals surface area contributed by atoms with Crippen molar-refractivity contribution in [2.45, 2.75) is 19.9 Å². The number of nitrogens with zero attached hydrogens (tertiary/aromatic N) is 2. The van der Waals surface area contributed by atoms with Crippen molar-refractivity contribution in [3.8, 4) is 0 Å². The fourth-order valence-corrected chi connectivity index (χ4v) is 3.08. The molecule has 134 valence electrons. The molecule has 0 saturated carbocycles. The molecule has 1 aliphatic rings. The lowest BCUT2D eigenvalue weighted by Gasteiger charge is -2.36. The minimum atomic E-state index is -1.08. The molecule has 3 amide bonds. The molecule has 7 nitrogen and oxygen atoms in total. The number of imide groups is 1. The van der Waals surface area contributed by atoms with Crippen molar-refractivity contribution in [2.75, 3.05) is 13.7 Å². The van der Waals surface area contributed by atoms with E-state index in [1.165, 1.54) is 6.92 Å². The van der Waals surface area contributed by atoms with E-state index >= 15 is 0 Å². The highest BCUT2D eigenvalue weighted by molar-refractivity contribution is 6.42. The van der Waals surface area contributed by atoms with Crippen LogP contribution in [0.2, 0.25) is 10.0 Å². The van der Waals surface area contributed by atoms with Gasteiger partial charge in [0, 0.05) is 5.71 Å². The third-order valence-corrected chi connectivity index (χ3v) is 4.57. The first-order valence-electron chi connectivity index (χ1n) is 7.40. The van der Waals surface area contributed by atoms with Crippen LogP contribution in [-0.4, -0.2) is 42.4 Å². The van der Waals surface area contributed by atoms with Gasteiger partial charge in [0.2, 0.25) is 0 Å². The van der Waals surface area contributed by atoms with Crippen molar-refractivity contribution < 1.29 is 23.9 Å². The average molecular weight is 387 g/mol. The Kier molecular flexibility index (Phi) is 6.02. The number of methoxy groups -OCH3 is 1. The largest absolute Gasteiger partial charge is 0.465 e. The number of aliphatic imine (C=N–C) groups is 1. The van der Waals surface area contributed by atoms with Crippen LogP contribution in [0.5, 0.6) is 0 Å². The minimum Gasteiger partial charge on any atom is -0.465 e. The van der Waals surface area contributed by atoms with Gasteiger partial charge in [-0.05, 0) is 25.5 Å². The predicted octanol–water partition coefficient (Wildman–Crippen LogP) is 3.88. The summed E-state index contributed by atoms with van der Waals surface area (Å²) < 4.78 is 9.76. The fraction of sp³-hybridized carbons (Fsp3) is 0.375. The SMILES string of the molecule is CCOC(=O)C1C(C)=NC(=O)N(C(=O)OC)C1c1cccc(Cl)c1Cl. The highest BCUT2D eigenvalue weighted by atomic mass is 35.5. The number of ether oxygens (including phenoxy) is 2. The van der Waals surface area contributed by atoms with Gasteiger partial charge in [-0.3, -0.25) is 4.79 Å². The van der Waals surface area contributed by atoms with Crippen molar-refractivity contribution in [2.24, 2.45) is 10.9 Å². The molecule has 0 bridgehead atoms. The van der Waals surface area contributed by atoms with Crippen molar-refractivity contribution >= 4 is 47.0 Å². The van der Waals surface area contributed by atoms with Gasteiger partial charge in [0.1, 0.15) is 5.92 Å². The molecular formula is C16H16Cl2N2O5. The van der Waals surface area contributed by atoms with Crippen LogP contribution in [0.3, 0.4) is 0 Å². The molecule has 25 heavy (non-hydrogen) atoms. The van der Waals surface area contributed by atoms with Gasteiger partial charge >= 0.3 is 18.1 Å².